The summed E-state index contributed by atoms with van der Waals surface area (Å²) in [6.45, 7) is -0.371. The number of benzene rings is 1. The van der Waals surface area contributed by atoms with Crippen LogP contribution in [-0.2, 0) is 16.2 Å². The van der Waals surface area contributed by atoms with Crippen molar-refractivity contribution in [3.63, 3.8) is 0 Å². The zero-order valence-electron chi connectivity index (χ0n) is 11.2. The Morgan fingerprint density at radius 2 is 1.76 bits per heavy atom. The van der Waals surface area contributed by atoms with Crippen LogP contribution in [0, 0.1) is 0 Å². The van der Waals surface area contributed by atoms with Gasteiger partial charge >= 0.3 is 6.18 Å². The van der Waals surface area contributed by atoms with Gasteiger partial charge in [-0.05, 0) is 37.1 Å². The van der Waals surface area contributed by atoms with E-state index in [0.29, 0.717) is 12.8 Å². The molecule has 0 aromatic heterocycles. The molecule has 0 aliphatic heterocycles. The summed E-state index contributed by atoms with van der Waals surface area (Å²) >= 11 is 0. The molecule has 1 aromatic carbocycles. The van der Waals surface area contributed by atoms with Crippen molar-refractivity contribution in [2.75, 3.05) is 13.2 Å². The Balaban J connectivity index is 2.29. The summed E-state index contributed by atoms with van der Waals surface area (Å²) in [4.78, 5) is -0.184. The third-order valence-electron chi connectivity index (χ3n) is 3.59. The Labute approximate surface area is 121 Å². The van der Waals surface area contributed by atoms with Crippen LogP contribution in [0.25, 0.3) is 0 Å². The second-order valence-corrected chi connectivity index (χ2v) is 6.84. The van der Waals surface area contributed by atoms with Crippen molar-refractivity contribution in [3.8, 4) is 0 Å². The number of sulfonamides is 1. The topological polar surface area (TPSA) is 57.6 Å². The molecule has 0 unspecified atom stereocenters. The minimum absolute atomic E-state index is 0.0476. The van der Waals surface area contributed by atoms with E-state index < -0.39 is 21.8 Å². The van der Waals surface area contributed by atoms with E-state index in [4.69, 9.17) is 5.11 Å². The summed E-state index contributed by atoms with van der Waals surface area (Å²) < 4.78 is 63.6. The van der Waals surface area contributed by atoms with E-state index in [1.54, 1.807) is 0 Å². The lowest BCUT2D eigenvalue weighted by Gasteiger charge is -2.36. The summed E-state index contributed by atoms with van der Waals surface area (Å²) in [5.74, 6) is 0. The van der Waals surface area contributed by atoms with Gasteiger partial charge in [0.2, 0.25) is 10.0 Å². The van der Waals surface area contributed by atoms with Crippen molar-refractivity contribution in [1.29, 1.82) is 0 Å². The molecular formula is C13H16F3NO3S. The number of aliphatic hydroxyl groups excluding tert-OH is 1. The number of hydrogen-bond donors (Lipinski definition) is 1. The van der Waals surface area contributed by atoms with Gasteiger partial charge in [0.05, 0.1) is 17.1 Å². The minimum Gasteiger partial charge on any atom is -0.395 e. The van der Waals surface area contributed by atoms with E-state index in [-0.39, 0.29) is 24.1 Å². The van der Waals surface area contributed by atoms with Crippen LogP contribution in [0.3, 0.4) is 0 Å². The molecule has 1 aliphatic rings. The van der Waals surface area contributed by atoms with Crippen molar-refractivity contribution in [1.82, 2.24) is 4.31 Å². The molecule has 1 aromatic rings. The predicted octanol–water partition coefficient (Wildman–Crippen LogP) is 2.24. The van der Waals surface area contributed by atoms with Gasteiger partial charge in [-0.1, -0.05) is 6.42 Å². The molecule has 1 saturated carbocycles. The van der Waals surface area contributed by atoms with Gasteiger partial charge in [0.1, 0.15) is 0 Å². The molecule has 21 heavy (non-hydrogen) atoms. The van der Waals surface area contributed by atoms with Gasteiger partial charge in [0, 0.05) is 12.6 Å². The highest BCUT2D eigenvalue weighted by molar-refractivity contribution is 7.89. The fourth-order valence-corrected chi connectivity index (χ4v) is 3.90. The highest BCUT2D eigenvalue weighted by Gasteiger charge is 2.35. The molecule has 1 fully saturated rings. The average Bonchev–Trinajstić information content (AvgIpc) is 2.35. The Morgan fingerprint density at radius 3 is 2.14 bits per heavy atom. The van der Waals surface area contributed by atoms with Crippen molar-refractivity contribution in [2.45, 2.75) is 36.4 Å². The van der Waals surface area contributed by atoms with Crippen molar-refractivity contribution in [2.24, 2.45) is 0 Å². The second kappa shape index (κ2) is 5.94. The Hall–Kier alpha value is -1.12. The molecule has 1 N–H and O–H groups in total. The SMILES string of the molecule is O=S(=O)(c1ccc(C(F)(F)F)cc1)N(CCO)C1CCC1. The molecule has 0 atom stereocenters. The Morgan fingerprint density at radius 1 is 1.19 bits per heavy atom. The second-order valence-electron chi connectivity index (χ2n) is 4.95. The summed E-state index contributed by atoms with van der Waals surface area (Å²) in [6, 6.07) is 3.25. The van der Waals surface area contributed by atoms with Crippen molar-refractivity contribution < 1.29 is 26.7 Å². The molecule has 0 saturated heterocycles. The fraction of sp³-hybridized carbons (Fsp3) is 0.538. The fourth-order valence-electron chi connectivity index (χ4n) is 2.22. The van der Waals surface area contributed by atoms with Crippen LogP contribution in [-0.4, -0.2) is 37.0 Å². The van der Waals surface area contributed by atoms with Crippen LogP contribution in [0.1, 0.15) is 24.8 Å². The highest BCUT2D eigenvalue weighted by Crippen LogP contribution is 2.32. The molecular weight excluding hydrogens is 307 g/mol. The molecule has 0 heterocycles. The van der Waals surface area contributed by atoms with Crippen LogP contribution < -0.4 is 0 Å². The molecule has 118 valence electrons. The smallest absolute Gasteiger partial charge is 0.395 e. The van der Waals surface area contributed by atoms with Crippen LogP contribution in [0.15, 0.2) is 29.2 Å². The Kier molecular flexibility index (Phi) is 4.60. The first-order valence-electron chi connectivity index (χ1n) is 6.57. The molecule has 0 amide bonds. The number of aliphatic hydroxyl groups is 1. The summed E-state index contributed by atoms with van der Waals surface area (Å²) in [7, 11) is -3.88. The van der Waals surface area contributed by atoms with Crippen molar-refractivity contribution >= 4 is 10.0 Å². The van der Waals surface area contributed by atoms with Gasteiger partial charge in [0.15, 0.2) is 0 Å². The zero-order valence-corrected chi connectivity index (χ0v) is 12.0. The first-order valence-corrected chi connectivity index (χ1v) is 8.01. The van der Waals surface area contributed by atoms with Gasteiger partial charge in [-0.3, -0.25) is 0 Å². The molecule has 4 nitrogen and oxygen atoms in total. The van der Waals surface area contributed by atoms with Crippen LogP contribution in [0.4, 0.5) is 13.2 Å². The minimum atomic E-state index is -4.50. The normalized spacial score (nSPS) is 17.0. The molecule has 0 bridgehead atoms. The van der Waals surface area contributed by atoms with Crippen LogP contribution >= 0.6 is 0 Å². The molecule has 2 rings (SSSR count). The number of halogens is 3. The van der Waals surface area contributed by atoms with Gasteiger partial charge in [0.25, 0.3) is 0 Å². The van der Waals surface area contributed by atoms with Crippen LogP contribution in [0.2, 0.25) is 0 Å². The van der Waals surface area contributed by atoms with Crippen molar-refractivity contribution in [3.05, 3.63) is 29.8 Å². The van der Waals surface area contributed by atoms with E-state index in [0.717, 1.165) is 30.7 Å². The predicted molar refractivity (Wildman–Crippen MR) is 70.1 cm³/mol. The standard InChI is InChI=1S/C13H16F3NO3S/c14-13(15,16)10-4-6-12(7-5-10)21(19,20)17(8-9-18)11-2-1-3-11/h4-7,11,18H,1-3,8-9H2. The maximum Gasteiger partial charge on any atom is 0.416 e. The monoisotopic (exact) mass is 323 g/mol. The molecule has 0 radical (unpaired) electrons. The van der Waals surface area contributed by atoms with E-state index in [1.807, 2.05) is 0 Å². The lowest BCUT2D eigenvalue weighted by Crippen LogP contribution is -2.45. The third-order valence-corrected chi connectivity index (χ3v) is 5.56. The molecule has 1 aliphatic carbocycles. The molecule has 8 heteroatoms. The summed E-state index contributed by atoms with van der Waals surface area (Å²) in [6.07, 6.45) is -2.17. The third kappa shape index (κ3) is 3.38. The Bertz CT molecular complexity index is 580. The lowest BCUT2D eigenvalue weighted by atomic mass is 9.93. The largest absolute Gasteiger partial charge is 0.416 e. The van der Waals surface area contributed by atoms with Gasteiger partial charge in [-0.15, -0.1) is 0 Å². The average molecular weight is 323 g/mol. The number of alkyl halides is 3. The zero-order chi connectivity index (χ0) is 15.7. The first-order chi connectivity index (χ1) is 9.76. The summed E-state index contributed by atoms with van der Waals surface area (Å²) in [5, 5.41) is 9.01. The molecule has 0 spiro atoms. The maximum absolute atomic E-state index is 12.5. The van der Waals surface area contributed by atoms with E-state index in [2.05, 4.69) is 0 Å². The lowest BCUT2D eigenvalue weighted by molar-refractivity contribution is -0.137. The number of rotatable bonds is 5. The van der Waals surface area contributed by atoms with Gasteiger partial charge in [-0.25, -0.2) is 8.42 Å². The number of nitrogens with zero attached hydrogens (tertiary/aromatic N) is 1. The maximum atomic E-state index is 12.5. The highest BCUT2D eigenvalue weighted by atomic mass is 32.2. The quantitative estimate of drug-likeness (QED) is 0.904. The van der Waals surface area contributed by atoms with Gasteiger partial charge in [-0.2, -0.15) is 17.5 Å². The first kappa shape index (κ1) is 16.3. The van der Waals surface area contributed by atoms with Gasteiger partial charge < -0.3 is 5.11 Å². The van der Waals surface area contributed by atoms with E-state index in [9.17, 15) is 21.6 Å². The van der Waals surface area contributed by atoms with Crippen LogP contribution in [0.5, 0.6) is 0 Å². The summed E-state index contributed by atoms with van der Waals surface area (Å²) in [5.41, 5.74) is -0.890. The number of hydrogen-bond acceptors (Lipinski definition) is 3. The van der Waals surface area contributed by atoms with E-state index in [1.165, 1.54) is 4.31 Å². The van der Waals surface area contributed by atoms with E-state index >= 15 is 0 Å².